The second-order valence-electron chi connectivity index (χ2n) is 6.01. The van der Waals surface area contributed by atoms with Crippen molar-refractivity contribution in [2.75, 3.05) is 17.1 Å². The minimum atomic E-state index is -3.47. The van der Waals surface area contributed by atoms with Gasteiger partial charge in [-0.1, -0.05) is 41.9 Å². The minimum absolute atomic E-state index is 0.167. The summed E-state index contributed by atoms with van der Waals surface area (Å²) < 4.78 is 31.2. The van der Waals surface area contributed by atoms with Crippen LogP contribution in [0.2, 0.25) is 5.02 Å². The van der Waals surface area contributed by atoms with Crippen LogP contribution in [-0.4, -0.2) is 33.2 Å². The van der Waals surface area contributed by atoms with Gasteiger partial charge in [-0.2, -0.15) is 0 Å². The van der Waals surface area contributed by atoms with Gasteiger partial charge in [0.25, 0.3) is 5.91 Å². The molecule has 1 aliphatic rings. The van der Waals surface area contributed by atoms with E-state index in [-0.39, 0.29) is 25.4 Å². The molecule has 1 N–H and O–H groups in total. The number of hydrogen-bond donors (Lipinski definition) is 1. The first-order chi connectivity index (χ1) is 12.4. The van der Waals surface area contributed by atoms with Crippen molar-refractivity contribution in [3.05, 3.63) is 59.1 Å². The lowest BCUT2D eigenvalue weighted by atomic mass is 10.2. The third-order valence-corrected chi connectivity index (χ3v) is 5.65. The highest BCUT2D eigenvalue weighted by Crippen LogP contribution is 2.33. The molecule has 2 aromatic carbocycles. The Hall–Kier alpha value is -2.25. The lowest BCUT2D eigenvalue weighted by molar-refractivity contribution is -0.128. The van der Waals surface area contributed by atoms with Crippen LogP contribution in [0.25, 0.3) is 0 Å². The van der Waals surface area contributed by atoms with Crippen LogP contribution in [-0.2, 0) is 21.4 Å². The molecule has 3 rings (SSSR count). The molecule has 26 heavy (non-hydrogen) atoms. The number of amides is 1. The van der Waals surface area contributed by atoms with E-state index >= 15 is 0 Å². The highest BCUT2D eigenvalue weighted by Gasteiger charge is 2.30. The lowest BCUT2D eigenvalue weighted by Gasteiger charge is -2.20. The molecule has 0 radical (unpaired) electrons. The van der Waals surface area contributed by atoms with Gasteiger partial charge in [0.05, 0.1) is 11.9 Å². The Morgan fingerprint density at radius 1 is 1.23 bits per heavy atom. The third-order valence-electron chi connectivity index (χ3n) is 4.10. The van der Waals surface area contributed by atoms with Gasteiger partial charge in [-0.3, -0.25) is 9.10 Å². The van der Waals surface area contributed by atoms with Crippen LogP contribution < -0.4 is 14.4 Å². The molecular weight excluding hydrogens is 376 g/mol. The van der Waals surface area contributed by atoms with Gasteiger partial charge in [0.2, 0.25) is 10.0 Å². The molecule has 0 aromatic heterocycles. The number of nitrogens with zero attached hydrogens (tertiary/aromatic N) is 1. The quantitative estimate of drug-likeness (QED) is 0.864. The maximum atomic E-state index is 12.6. The van der Waals surface area contributed by atoms with E-state index in [0.29, 0.717) is 16.5 Å². The molecule has 0 aliphatic carbocycles. The van der Waals surface area contributed by atoms with Crippen LogP contribution in [0, 0.1) is 0 Å². The van der Waals surface area contributed by atoms with Gasteiger partial charge in [-0.05, 0) is 23.8 Å². The first-order valence-corrected chi connectivity index (χ1v) is 10.3. The molecule has 1 aliphatic heterocycles. The molecule has 0 bridgehead atoms. The molecule has 138 valence electrons. The summed E-state index contributed by atoms with van der Waals surface area (Å²) in [5.41, 5.74) is 1.24. The Labute approximate surface area is 157 Å². The minimum Gasteiger partial charge on any atom is -0.478 e. The van der Waals surface area contributed by atoms with Gasteiger partial charge in [-0.25, -0.2) is 8.42 Å². The van der Waals surface area contributed by atoms with Crippen molar-refractivity contribution in [3.8, 4) is 5.75 Å². The summed E-state index contributed by atoms with van der Waals surface area (Å²) in [5, 5.41) is 3.38. The number of benzene rings is 2. The van der Waals surface area contributed by atoms with Crippen LogP contribution in [0.4, 0.5) is 5.69 Å². The topological polar surface area (TPSA) is 75.7 Å². The van der Waals surface area contributed by atoms with Crippen LogP contribution in [0.3, 0.4) is 0 Å². The van der Waals surface area contributed by atoms with Crippen molar-refractivity contribution in [2.24, 2.45) is 0 Å². The van der Waals surface area contributed by atoms with Crippen molar-refractivity contribution in [1.82, 2.24) is 5.32 Å². The monoisotopic (exact) mass is 394 g/mol. The number of nitrogens with one attached hydrogen (secondary N) is 1. The molecule has 1 amide bonds. The maximum Gasteiger partial charge on any atom is 0.261 e. The molecule has 2 aromatic rings. The Morgan fingerprint density at radius 3 is 2.65 bits per heavy atom. The molecular formula is C18H19ClN2O4S. The summed E-state index contributed by atoms with van der Waals surface area (Å²) in [6.07, 6.45) is 0.600. The highest BCUT2D eigenvalue weighted by atomic mass is 35.5. The van der Waals surface area contributed by atoms with Crippen LogP contribution in [0.1, 0.15) is 12.0 Å². The number of sulfonamides is 1. The number of hydrogen-bond acceptors (Lipinski definition) is 4. The molecule has 1 heterocycles. The molecule has 6 nitrogen and oxygen atoms in total. The molecule has 0 saturated heterocycles. The van der Waals surface area contributed by atoms with Crippen LogP contribution in [0.5, 0.6) is 5.75 Å². The smallest absolute Gasteiger partial charge is 0.261 e. The molecule has 1 atom stereocenters. The largest absolute Gasteiger partial charge is 0.478 e. The van der Waals surface area contributed by atoms with E-state index in [4.69, 9.17) is 16.3 Å². The van der Waals surface area contributed by atoms with E-state index in [1.54, 1.807) is 30.3 Å². The Bertz CT molecular complexity index is 917. The average molecular weight is 395 g/mol. The van der Waals surface area contributed by atoms with E-state index in [1.165, 1.54) is 4.31 Å². The lowest BCUT2D eigenvalue weighted by Crippen LogP contribution is -2.39. The number of anilines is 1. The summed E-state index contributed by atoms with van der Waals surface area (Å²) >= 11 is 6.10. The Kier molecular flexibility index (Phi) is 5.38. The van der Waals surface area contributed by atoms with Gasteiger partial charge < -0.3 is 10.1 Å². The fourth-order valence-electron chi connectivity index (χ4n) is 2.80. The number of para-hydroxylation sites is 2. The fourth-order valence-corrected chi connectivity index (χ4v) is 3.94. The first kappa shape index (κ1) is 18.5. The van der Waals surface area contributed by atoms with E-state index in [2.05, 4.69) is 5.32 Å². The molecule has 0 saturated carbocycles. The van der Waals surface area contributed by atoms with E-state index in [9.17, 15) is 13.2 Å². The van der Waals surface area contributed by atoms with Crippen molar-refractivity contribution < 1.29 is 17.9 Å². The van der Waals surface area contributed by atoms with Gasteiger partial charge in [0.15, 0.2) is 6.10 Å². The van der Waals surface area contributed by atoms with E-state index in [0.717, 1.165) is 11.8 Å². The van der Waals surface area contributed by atoms with Crippen molar-refractivity contribution in [2.45, 2.75) is 19.1 Å². The highest BCUT2D eigenvalue weighted by molar-refractivity contribution is 7.92. The van der Waals surface area contributed by atoms with Gasteiger partial charge in [0.1, 0.15) is 5.75 Å². The third kappa shape index (κ3) is 4.11. The van der Waals surface area contributed by atoms with E-state index < -0.39 is 16.1 Å². The number of rotatable bonds is 4. The zero-order valence-corrected chi connectivity index (χ0v) is 15.8. The number of fused-ring (bicyclic) bond motifs is 1. The van der Waals surface area contributed by atoms with Crippen LogP contribution in [0.15, 0.2) is 48.5 Å². The Morgan fingerprint density at radius 2 is 1.92 bits per heavy atom. The van der Waals surface area contributed by atoms with Gasteiger partial charge >= 0.3 is 0 Å². The standard InChI is InChI=1S/C18H19ClN2O4S/c1-26(23,24)21-11-10-17(25-16-9-5-4-8-15(16)21)18(22)20-12-13-6-2-3-7-14(13)19/h2-9,17H,10-12H2,1H3,(H,20,22). The van der Waals surface area contributed by atoms with Crippen molar-refractivity contribution in [3.63, 3.8) is 0 Å². The number of ether oxygens (including phenoxy) is 1. The SMILES string of the molecule is CS(=O)(=O)N1CCC(C(=O)NCc2ccccc2Cl)Oc2ccccc21. The van der Waals surface area contributed by atoms with Crippen LogP contribution >= 0.6 is 11.6 Å². The zero-order valence-electron chi connectivity index (χ0n) is 14.2. The number of halogens is 1. The van der Waals surface area contributed by atoms with Gasteiger partial charge in [0, 0.05) is 24.5 Å². The second-order valence-corrected chi connectivity index (χ2v) is 8.32. The molecule has 1 unspecified atom stereocenters. The fraction of sp³-hybridized carbons (Fsp3) is 0.278. The Balaban J connectivity index is 1.76. The predicted octanol–water partition coefficient (Wildman–Crippen LogP) is 2.57. The summed E-state index contributed by atoms with van der Waals surface area (Å²) in [7, 11) is -3.47. The predicted molar refractivity (Wildman–Crippen MR) is 101 cm³/mol. The molecule has 0 fully saturated rings. The number of carbonyl (C=O) groups excluding carboxylic acids is 1. The number of carbonyl (C=O) groups is 1. The summed E-state index contributed by atoms with van der Waals surface area (Å²) in [4.78, 5) is 12.6. The van der Waals surface area contributed by atoms with Crippen molar-refractivity contribution >= 4 is 33.2 Å². The summed E-state index contributed by atoms with van der Waals surface area (Å²) in [6, 6.07) is 14.0. The van der Waals surface area contributed by atoms with E-state index in [1.807, 2.05) is 18.2 Å². The maximum absolute atomic E-state index is 12.6. The van der Waals surface area contributed by atoms with Gasteiger partial charge in [-0.15, -0.1) is 0 Å². The second kappa shape index (κ2) is 7.55. The normalized spacial score (nSPS) is 17.0. The average Bonchev–Trinajstić information content (AvgIpc) is 2.80. The van der Waals surface area contributed by atoms with Crippen molar-refractivity contribution in [1.29, 1.82) is 0 Å². The zero-order chi connectivity index (χ0) is 18.7. The molecule has 8 heteroatoms. The first-order valence-electron chi connectivity index (χ1n) is 8.11. The summed E-state index contributed by atoms with van der Waals surface area (Å²) in [5.74, 6) is 0.0587. The summed E-state index contributed by atoms with van der Waals surface area (Å²) in [6.45, 7) is 0.440. The molecule has 0 spiro atoms.